The molecule has 0 bridgehead atoms. The number of thiazole rings is 1. The third-order valence-corrected chi connectivity index (χ3v) is 5.34. The van der Waals surface area contributed by atoms with Crippen molar-refractivity contribution in [2.45, 2.75) is 58.9 Å². The van der Waals surface area contributed by atoms with Gasteiger partial charge in [-0.05, 0) is 53.6 Å². The number of aliphatic imine (C=N–C) groups is 1. The van der Waals surface area contributed by atoms with Gasteiger partial charge in [-0.1, -0.05) is 6.42 Å². The Kier molecular flexibility index (Phi) is 10.3. The normalized spacial score (nSPS) is 16.4. The largest absolute Gasteiger partial charge is 0.357 e. The van der Waals surface area contributed by atoms with Crippen molar-refractivity contribution in [1.82, 2.24) is 20.5 Å². The summed E-state index contributed by atoms with van der Waals surface area (Å²) in [6, 6.07) is 0. The van der Waals surface area contributed by atoms with Crippen molar-refractivity contribution >= 4 is 41.3 Å². The minimum absolute atomic E-state index is 0. The van der Waals surface area contributed by atoms with Gasteiger partial charge in [0.25, 0.3) is 0 Å². The van der Waals surface area contributed by atoms with Gasteiger partial charge in [0.05, 0.1) is 17.2 Å². The standard InChI is InChI=1S/C18H33N5S.HI/c1-5-19-17(20-10-9-16-13-24-15(2)22-16)21-14-18(3,4)23-11-7-6-8-12-23;/h13H,5-12,14H2,1-4H3,(H2,19,20,21);1H. The number of rotatable bonds is 7. The maximum atomic E-state index is 4.83. The Balaban J connectivity index is 0.00000312. The molecule has 1 aromatic rings. The number of piperidine rings is 1. The molecule has 0 atom stereocenters. The second kappa shape index (κ2) is 11.3. The highest BCUT2D eigenvalue weighted by Gasteiger charge is 2.27. The molecule has 0 aromatic carbocycles. The van der Waals surface area contributed by atoms with Gasteiger partial charge in [-0.2, -0.15) is 0 Å². The van der Waals surface area contributed by atoms with E-state index in [1.165, 1.54) is 32.4 Å². The van der Waals surface area contributed by atoms with E-state index in [4.69, 9.17) is 4.99 Å². The van der Waals surface area contributed by atoms with Crippen molar-refractivity contribution in [3.05, 3.63) is 16.1 Å². The summed E-state index contributed by atoms with van der Waals surface area (Å²) in [5, 5.41) is 10.1. The monoisotopic (exact) mass is 479 g/mol. The zero-order valence-corrected chi connectivity index (χ0v) is 19.2. The summed E-state index contributed by atoms with van der Waals surface area (Å²) in [5.74, 6) is 0.912. The van der Waals surface area contributed by atoms with E-state index in [0.29, 0.717) is 0 Å². The minimum atomic E-state index is 0. The van der Waals surface area contributed by atoms with Crippen LogP contribution in [0, 0.1) is 6.92 Å². The lowest BCUT2D eigenvalue weighted by Gasteiger charge is -2.40. The first kappa shape index (κ1) is 22.6. The van der Waals surface area contributed by atoms with Crippen LogP contribution < -0.4 is 10.6 Å². The number of likely N-dealkylation sites (tertiary alicyclic amines) is 1. The van der Waals surface area contributed by atoms with E-state index >= 15 is 0 Å². The summed E-state index contributed by atoms with van der Waals surface area (Å²) in [6.45, 7) is 13.7. The molecule has 0 aliphatic carbocycles. The summed E-state index contributed by atoms with van der Waals surface area (Å²) < 4.78 is 0. The minimum Gasteiger partial charge on any atom is -0.357 e. The van der Waals surface area contributed by atoms with Crippen molar-refractivity contribution in [3.8, 4) is 0 Å². The fourth-order valence-corrected chi connectivity index (χ4v) is 3.69. The summed E-state index contributed by atoms with van der Waals surface area (Å²) in [6.07, 6.45) is 4.94. The van der Waals surface area contributed by atoms with E-state index in [2.05, 4.69) is 53.6 Å². The molecule has 2 N–H and O–H groups in total. The first-order valence-electron chi connectivity index (χ1n) is 9.19. The topological polar surface area (TPSA) is 52.6 Å². The van der Waals surface area contributed by atoms with Crippen LogP contribution in [0.25, 0.3) is 0 Å². The summed E-state index contributed by atoms with van der Waals surface area (Å²) >= 11 is 1.71. The van der Waals surface area contributed by atoms with Gasteiger partial charge >= 0.3 is 0 Å². The van der Waals surface area contributed by atoms with Gasteiger partial charge in [-0.25, -0.2) is 4.98 Å². The lowest BCUT2D eigenvalue weighted by Crippen LogP contribution is -2.49. The van der Waals surface area contributed by atoms with Crippen LogP contribution in [-0.2, 0) is 6.42 Å². The Morgan fingerprint density at radius 3 is 2.60 bits per heavy atom. The smallest absolute Gasteiger partial charge is 0.191 e. The molecule has 2 rings (SSSR count). The van der Waals surface area contributed by atoms with Crippen molar-refractivity contribution in [3.63, 3.8) is 0 Å². The van der Waals surface area contributed by atoms with Crippen LogP contribution in [0.5, 0.6) is 0 Å². The lowest BCUT2D eigenvalue weighted by molar-refractivity contribution is 0.102. The third kappa shape index (κ3) is 7.78. The van der Waals surface area contributed by atoms with Crippen molar-refractivity contribution in [1.29, 1.82) is 0 Å². The average Bonchev–Trinajstić information content (AvgIpc) is 2.99. The number of halogens is 1. The molecular formula is C18H34IN5S. The Bertz CT molecular complexity index is 523. The van der Waals surface area contributed by atoms with Gasteiger partial charge in [0, 0.05) is 30.4 Å². The quantitative estimate of drug-likeness (QED) is 0.358. The molecule has 1 fully saturated rings. The van der Waals surface area contributed by atoms with Crippen LogP contribution >= 0.6 is 35.3 Å². The highest BCUT2D eigenvalue weighted by Crippen LogP contribution is 2.20. The van der Waals surface area contributed by atoms with Crippen LogP contribution in [-0.4, -0.2) is 54.1 Å². The highest BCUT2D eigenvalue weighted by atomic mass is 127. The molecule has 7 heteroatoms. The summed E-state index contributed by atoms with van der Waals surface area (Å²) in [7, 11) is 0. The van der Waals surface area contributed by atoms with Crippen molar-refractivity contribution in [2.75, 3.05) is 32.7 Å². The second-order valence-electron chi connectivity index (χ2n) is 7.09. The van der Waals surface area contributed by atoms with E-state index < -0.39 is 0 Å². The van der Waals surface area contributed by atoms with Gasteiger partial charge < -0.3 is 10.6 Å². The number of aryl methyl sites for hydroxylation is 1. The molecule has 25 heavy (non-hydrogen) atoms. The van der Waals surface area contributed by atoms with Gasteiger partial charge in [0.1, 0.15) is 0 Å². The molecule has 2 heterocycles. The SMILES string of the molecule is CCNC(=NCC(C)(C)N1CCCCC1)NCCc1csc(C)n1.I. The molecule has 1 aliphatic heterocycles. The van der Waals surface area contributed by atoms with E-state index in [0.717, 1.165) is 42.7 Å². The van der Waals surface area contributed by atoms with Crippen molar-refractivity contribution < 1.29 is 0 Å². The predicted octanol–water partition coefficient (Wildman–Crippen LogP) is 3.43. The maximum absolute atomic E-state index is 4.83. The van der Waals surface area contributed by atoms with E-state index in [9.17, 15) is 0 Å². The predicted molar refractivity (Wildman–Crippen MR) is 119 cm³/mol. The summed E-state index contributed by atoms with van der Waals surface area (Å²) in [5.41, 5.74) is 1.28. The molecule has 144 valence electrons. The first-order valence-corrected chi connectivity index (χ1v) is 10.1. The Morgan fingerprint density at radius 1 is 1.28 bits per heavy atom. The van der Waals surface area contributed by atoms with Crippen LogP contribution in [0.4, 0.5) is 0 Å². The number of nitrogens with zero attached hydrogens (tertiary/aromatic N) is 3. The summed E-state index contributed by atoms with van der Waals surface area (Å²) in [4.78, 5) is 11.9. The Labute approximate surface area is 174 Å². The Morgan fingerprint density at radius 2 is 2.00 bits per heavy atom. The Hall–Kier alpha value is -0.410. The van der Waals surface area contributed by atoms with E-state index in [-0.39, 0.29) is 29.5 Å². The van der Waals surface area contributed by atoms with Crippen LogP contribution in [0.1, 0.15) is 50.7 Å². The van der Waals surface area contributed by atoms with E-state index in [1.807, 2.05) is 0 Å². The highest BCUT2D eigenvalue weighted by molar-refractivity contribution is 14.0. The number of aromatic nitrogens is 1. The number of guanidine groups is 1. The van der Waals surface area contributed by atoms with E-state index in [1.54, 1.807) is 11.3 Å². The average molecular weight is 479 g/mol. The molecule has 1 aliphatic rings. The molecule has 1 aromatic heterocycles. The zero-order valence-electron chi connectivity index (χ0n) is 16.1. The zero-order chi connectivity index (χ0) is 17.4. The molecule has 0 spiro atoms. The maximum Gasteiger partial charge on any atom is 0.191 e. The van der Waals surface area contributed by atoms with Gasteiger partial charge in [-0.3, -0.25) is 9.89 Å². The molecule has 0 radical (unpaired) electrons. The fraction of sp³-hybridized carbons (Fsp3) is 0.778. The first-order chi connectivity index (χ1) is 11.5. The third-order valence-electron chi connectivity index (χ3n) is 4.52. The molecular weight excluding hydrogens is 445 g/mol. The number of hydrogen-bond donors (Lipinski definition) is 2. The van der Waals surface area contributed by atoms with Crippen LogP contribution in [0.2, 0.25) is 0 Å². The molecule has 1 saturated heterocycles. The molecule has 0 saturated carbocycles. The van der Waals surface area contributed by atoms with Gasteiger partial charge in [0.15, 0.2) is 5.96 Å². The molecule has 0 amide bonds. The number of hydrogen-bond acceptors (Lipinski definition) is 4. The fourth-order valence-electron chi connectivity index (χ4n) is 3.05. The van der Waals surface area contributed by atoms with Crippen LogP contribution in [0.3, 0.4) is 0 Å². The number of nitrogens with one attached hydrogen (secondary N) is 2. The van der Waals surface area contributed by atoms with Gasteiger partial charge in [0.2, 0.25) is 0 Å². The lowest BCUT2D eigenvalue weighted by atomic mass is 9.99. The van der Waals surface area contributed by atoms with Gasteiger partial charge in [-0.15, -0.1) is 35.3 Å². The van der Waals surface area contributed by atoms with Crippen molar-refractivity contribution in [2.24, 2.45) is 4.99 Å². The second-order valence-corrected chi connectivity index (χ2v) is 8.15. The molecule has 5 nitrogen and oxygen atoms in total. The molecule has 0 unspecified atom stereocenters. The van der Waals surface area contributed by atoms with Crippen LogP contribution in [0.15, 0.2) is 10.4 Å².